The van der Waals surface area contributed by atoms with E-state index in [1.165, 1.54) is 19.2 Å². The number of halogens is 1. The van der Waals surface area contributed by atoms with Crippen molar-refractivity contribution >= 4 is 43.7 Å². The molecular formula is C12H14ClNO5S2. The first kappa shape index (κ1) is 18.0. The van der Waals surface area contributed by atoms with Crippen LogP contribution in [0.2, 0.25) is 0 Å². The van der Waals surface area contributed by atoms with E-state index in [4.69, 9.17) is 21.5 Å². The molecule has 0 aromatic heterocycles. The van der Waals surface area contributed by atoms with E-state index in [2.05, 4.69) is 0 Å². The third kappa shape index (κ3) is 4.99. The van der Waals surface area contributed by atoms with Crippen LogP contribution < -0.4 is 9.88 Å². The first-order valence-electron chi connectivity index (χ1n) is 5.74. The molecule has 0 bridgehead atoms. The molecule has 1 aromatic carbocycles. The molecule has 0 saturated carbocycles. The lowest BCUT2D eigenvalue weighted by molar-refractivity contribution is -0.114. The third-order valence-electron chi connectivity index (χ3n) is 2.57. The quantitative estimate of drug-likeness (QED) is 0.781. The van der Waals surface area contributed by atoms with Gasteiger partial charge in [0.15, 0.2) is 0 Å². The molecule has 9 heteroatoms. The van der Waals surface area contributed by atoms with E-state index in [0.29, 0.717) is 0 Å². The summed E-state index contributed by atoms with van der Waals surface area (Å²) in [6, 6.07) is 3.75. The summed E-state index contributed by atoms with van der Waals surface area (Å²) >= 11 is 6.17. The van der Waals surface area contributed by atoms with Gasteiger partial charge >= 0.3 is 0 Å². The Kier molecular flexibility index (Phi) is 6.21. The van der Waals surface area contributed by atoms with Gasteiger partial charge in [-0.25, -0.2) is 13.6 Å². The summed E-state index contributed by atoms with van der Waals surface area (Å²) in [6.45, 7) is 1.59. The van der Waals surface area contributed by atoms with E-state index in [0.717, 1.165) is 17.8 Å². The Hall–Kier alpha value is -1.09. The maximum Gasteiger partial charge on any atom is 0.238 e. The van der Waals surface area contributed by atoms with Gasteiger partial charge in [-0.05, 0) is 29.8 Å². The molecule has 0 heterocycles. The van der Waals surface area contributed by atoms with Gasteiger partial charge in [-0.3, -0.25) is 9.59 Å². The van der Waals surface area contributed by atoms with Crippen LogP contribution in [-0.2, 0) is 14.8 Å². The van der Waals surface area contributed by atoms with Crippen LogP contribution in [0.15, 0.2) is 23.1 Å². The zero-order chi connectivity index (χ0) is 16.2. The number of ether oxygens (including phenoxy) is 1. The molecule has 2 N–H and O–H groups in total. The lowest BCUT2D eigenvalue weighted by Crippen LogP contribution is -2.14. The van der Waals surface area contributed by atoms with Crippen molar-refractivity contribution in [2.75, 3.05) is 12.9 Å². The van der Waals surface area contributed by atoms with Crippen molar-refractivity contribution in [1.29, 1.82) is 0 Å². The molecule has 1 atom stereocenters. The summed E-state index contributed by atoms with van der Waals surface area (Å²) in [4.78, 5) is 22.9. The van der Waals surface area contributed by atoms with Gasteiger partial charge in [0.2, 0.25) is 20.4 Å². The minimum Gasteiger partial charge on any atom is -0.496 e. The standard InChI is InChI=1S/C12H14ClNO5S2/c1-7(11(13)15)6-20-12(16)9-5-8(21(14,17)18)3-4-10(9)19-2/h3-5,7H,6H2,1-2H3,(H2,14,17,18)/t7-/m0/s1. The van der Waals surface area contributed by atoms with E-state index in [1.807, 2.05) is 0 Å². The molecule has 116 valence electrons. The normalized spacial score (nSPS) is 12.8. The Morgan fingerprint density at radius 2 is 2.05 bits per heavy atom. The lowest BCUT2D eigenvalue weighted by Gasteiger charge is -2.10. The van der Waals surface area contributed by atoms with Crippen molar-refractivity contribution in [1.82, 2.24) is 0 Å². The van der Waals surface area contributed by atoms with Crippen LogP contribution in [-0.4, -0.2) is 31.6 Å². The van der Waals surface area contributed by atoms with Crippen LogP contribution >= 0.6 is 23.4 Å². The minimum absolute atomic E-state index is 0.0725. The fraction of sp³-hybridized carbons (Fsp3) is 0.333. The summed E-state index contributed by atoms with van der Waals surface area (Å²) in [5.41, 5.74) is 0.0725. The van der Waals surface area contributed by atoms with Crippen LogP contribution in [0.5, 0.6) is 5.75 Å². The Morgan fingerprint density at radius 3 is 2.52 bits per heavy atom. The van der Waals surface area contributed by atoms with E-state index in [-0.39, 0.29) is 22.0 Å². The molecular weight excluding hydrogens is 338 g/mol. The van der Waals surface area contributed by atoms with Gasteiger partial charge in [-0.2, -0.15) is 0 Å². The molecule has 1 rings (SSSR count). The molecule has 0 spiro atoms. The number of nitrogens with two attached hydrogens (primary N) is 1. The largest absolute Gasteiger partial charge is 0.496 e. The highest BCUT2D eigenvalue weighted by Gasteiger charge is 2.19. The second kappa shape index (κ2) is 7.26. The number of thioether (sulfide) groups is 1. The van der Waals surface area contributed by atoms with Gasteiger partial charge in [0.25, 0.3) is 0 Å². The first-order chi connectivity index (χ1) is 9.66. The summed E-state index contributed by atoms with van der Waals surface area (Å²) in [5.74, 6) is -0.0815. The number of methoxy groups -OCH3 is 1. The van der Waals surface area contributed by atoms with Crippen LogP contribution in [0.3, 0.4) is 0 Å². The van der Waals surface area contributed by atoms with Gasteiger partial charge in [-0.1, -0.05) is 18.7 Å². The van der Waals surface area contributed by atoms with Crippen molar-refractivity contribution in [3.05, 3.63) is 23.8 Å². The minimum atomic E-state index is -3.92. The molecule has 0 radical (unpaired) electrons. The van der Waals surface area contributed by atoms with E-state index >= 15 is 0 Å². The van der Waals surface area contributed by atoms with Gasteiger partial charge in [0.1, 0.15) is 5.75 Å². The zero-order valence-corrected chi connectivity index (χ0v) is 13.7. The molecule has 0 aliphatic carbocycles. The lowest BCUT2D eigenvalue weighted by atomic mass is 10.2. The number of benzene rings is 1. The molecule has 0 aliphatic rings. The Labute approximate surface area is 132 Å². The second-order valence-corrected chi connectivity index (χ2v) is 7.14. The fourth-order valence-electron chi connectivity index (χ4n) is 1.37. The van der Waals surface area contributed by atoms with Crippen molar-refractivity contribution in [2.45, 2.75) is 11.8 Å². The van der Waals surface area contributed by atoms with Crippen LogP contribution in [0, 0.1) is 5.92 Å². The molecule has 0 fully saturated rings. The maximum absolute atomic E-state index is 12.1. The van der Waals surface area contributed by atoms with Gasteiger partial charge in [0, 0.05) is 11.7 Å². The van der Waals surface area contributed by atoms with Gasteiger partial charge < -0.3 is 4.74 Å². The highest BCUT2D eigenvalue weighted by Crippen LogP contribution is 2.27. The van der Waals surface area contributed by atoms with Crippen molar-refractivity contribution in [2.24, 2.45) is 11.1 Å². The van der Waals surface area contributed by atoms with Crippen LogP contribution in [0.25, 0.3) is 0 Å². The van der Waals surface area contributed by atoms with Gasteiger partial charge in [-0.15, -0.1) is 0 Å². The Balaban J connectivity index is 3.04. The molecule has 6 nitrogen and oxygen atoms in total. The summed E-state index contributed by atoms with van der Waals surface area (Å²) in [7, 11) is -2.56. The highest BCUT2D eigenvalue weighted by molar-refractivity contribution is 8.14. The van der Waals surface area contributed by atoms with Crippen LogP contribution in [0.4, 0.5) is 0 Å². The topological polar surface area (TPSA) is 104 Å². The predicted molar refractivity (Wildman–Crippen MR) is 81.2 cm³/mol. The molecule has 0 amide bonds. The monoisotopic (exact) mass is 351 g/mol. The van der Waals surface area contributed by atoms with Crippen molar-refractivity contribution in [3.63, 3.8) is 0 Å². The second-order valence-electron chi connectivity index (χ2n) is 4.21. The Bertz CT molecular complexity index is 660. The Morgan fingerprint density at radius 1 is 1.43 bits per heavy atom. The number of carbonyl (C=O) groups excluding carboxylic acids is 2. The fourth-order valence-corrected chi connectivity index (χ4v) is 2.94. The summed E-state index contributed by atoms with van der Waals surface area (Å²) < 4.78 is 27.7. The van der Waals surface area contributed by atoms with Crippen molar-refractivity contribution in [3.8, 4) is 5.75 Å². The van der Waals surface area contributed by atoms with Crippen LogP contribution in [0.1, 0.15) is 17.3 Å². The SMILES string of the molecule is COc1ccc(S(N)(=O)=O)cc1C(=O)SC[C@H](C)C(=O)Cl. The van der Waals surface area contributed by atoms with E-state index < -0.39 is 26.3 Å². The highest BCUT2D eigenvalue weighted by atomic mass is 35.5. The summed E-state index contributed by atoms with van der Waals surface area (Å²) in [6.07, 6.45) is 0. The van der Waals surface area contributed by atoms with Crippen molar-refractivity contribution < 1.29 is 22.7 Å². The maximum atomic E-state index is 12.1. The number of sulfonamides is 1. The molecule has 0 unspecified atom stereocenters. The molecule has 1 aromatic rings. The smallest absolute Gasteiger partial charge is 0.238 e. The molecule has 21 heavy (non-hydrogen) atoms. The molecule has 0 saturated heterocycles. The molecule has 0 aliphatic heterocycles. The number of carbonyl (C=O) groups is 2. The van der Waals surface area contributed by atoms with E-state index in [1.54, 1.807) is 6.92 Å². The third-order valence-corrected chi connectivity index (χ3v) is 5.00. The number of primary sulfonamides is 1. The number of hydrogen-bond donors (Lipinski definition) is 1. The average molecular weight is 352 g/mol. The number of rotatable bonds is 6. The van der Waals surface area contributed by atoms with Gasteiger partial charge in [0.05, 0.1) is 17.6 Å². The zero-order valence-electron chi connectivity index (χ0n) is 11.3. The van der Waals surface area contributed by atoms with E-state index in [9.17, 15) is 18.0 Å². The summed E-state index contributed by atoms with van der Waals surface area (Å²) in [5, 5.41) is 4.06. The average Bonchev–Trinajstić information content (AvgIpc) is 2.42. The first-order valence-corrected chi connectivity index (χ1v) is 8.65. The predicted octanol–water partition coefficient (Wildman–Crippen LogP) is 1.62. The number of hydrogen-bond acceptors (Lipinski definition) is 6.